The molecule has 0 aromatic heterocycles. The largest absolute Gasteiger partial charge is 0.370 e. The van der Waals surface area contributed by atoms with E-state index in [0.717, 1.165) is 5.56 Å². The van der Waals surface area contributed by atoms with Crippen molar-refractivity contribution in [2.45, 2.75) is 13.0 Å². The molecule has 126 valence electrons. The molecule has 7 nitrogen and oxygen atoms in total. The second-order valence-electron chi connectivity index (χ2n) is 5.60. The van der Waals surface area contributed by atoms with Crippen LogP contribution in [0, 0.1) is 10.1 Å². The molecule has 25 heavy (non-hydrogen) atoms. The van der Waals surface area contributed by atoms with Crippen LogP contribution in [0.1, 0.15) is 24.1 Å². The molecule has 1 aliphatic rings. The Kier molecular flexibility index (Phi) is 4.30. The quantitative estimate of drug-likeness (QED) is 0.658. The first-order valence-electron chi connectivity index (χ1n) is 7.62. The van der Waals surface area contributed by atoms with Crippen LogP contribution in [0.15, 0.2) is 65.2 Å². The Morgan fingerprint density at radius 2 is 1.80 bits per heavy atom. The summed E-state index contributed by atoms with van der Waals surface area (Å²) in [5.41, 5.74) is 8.44. The average Bonchev–Trinajstić information content (AvgIpc) is 2.61. The van der Waals surface area contributed by atoms with Crippen molar-refractivity contribution in [3.8, 4) is 0 Å². The topological polar surface area (TPSA) is 111 Å². The number of ketones is 1. The second-order valence-corrected chi connectivity index (χ2v) is 5.60. The highest BCUT2D eigenvalue weighted by Crippen LogP contribution is 2.34. The standard InChI is InChI=1S/C18H16N4O3/c1-11(23)15-16(12-5-3-2-4-6-12)20-18(19)21-17(15)13-7-9-14(10-8-13)22(24)25/h2-10,17H,1H3,(H3,19,20,21). The number of non-ortho nitro benzene ring substituents is 1. The summed E-state index contributed by atoms with van der Waals surface area (Å²) in [4.78, 5) is 27.0. The van der Waals surface area contributed by atoms with Crippen molar-refractivity contribution >= 4 is 23.1 Å². The lowest BCUT2D eigenvalue weighted by Gasteiger charge is -2.26. The molecular formula is C18H16N4O3. The number of nitro benzene ring substituents is 1. The molecule has 0 saturated carbocycles. The summed E-state index contributed by atoms with van der Waals surface area (Å²) < 4.78 is 0. The lowest BCUT2D eigenvalue weighted by molar-refractivity contribution is -0.384. The molecule has 3 rings (SSSR count). The molecule has 0 aliphatic carbocycles. The molecule has 2 aromatic rings. The first-order chi connectivity index (χ1) is 12.0. The number of rotatable bonds is 4. The minimum Gasteiger partial charge on any atom is -0.370 e. The molecule has 2 aromatic carbocycles. The van der Waals surface area contributed by atoms with E-state index >= 15 is 0 Å². The van der Waals surface area contributed by atoms with Crippen LogP contribution in [0.5, 0.6) is 0 Å². The first kappa shape index (κ1) is 16.4. The third-order valence-corrected chi connectivity index (χ3v) is 3.93. The van der Waals surface area contributed by atoms with E-state index in [2.05, 4.69) is 10.3 Å². The Balaban J connectivity index is 2.12. The number of nitrogens with zero attached hydrogens (tertiary/aromatic N) is 2. The summed E-state index contributed by atoms with van der Waals surface area (Å²) in [6, 6.07) is 14.7. The molecule has 0 bridgehead atoms. The van der Waals surface area contributed by atoms with Gasteiger partial charge in [-0.15, -0.1) is 0 Å². The minimum atomic E-state index is -0.616. The van der Waals surface area contributed by atoms with Gasteiger partial charge >= 0.3 is 0 Å². The zero-order chi connectivity index (χ0) is 18.0. The number of nitrogens with one attached hydrogen (secondary N) is 1. The van der Waals surface area contributed by atoms with Crippen LogP contribution < -0.4 is 11.1 Å². The number of benzene rings is 2. The SMILES string of the molecule is CC(=O)C1=C(c2ccccc2)NC(N)=NC1c1ccc([N+](=O)[O-])cc1. The van der Waals surface area contributed by atoms with Gasteiger partial charge in [-0.1, -0.05) is 30.3 Å². The van der Waals surface area contributed by atoms with E-state index in [1.54, 1.807) is 12.1 Å². The lowest BCUT2D eigenvalue weighted by Crippen LogP contribution is -2.36. The highest BCUT2D eigenvalue weighted by Gasteiger charge is 2.29. The number of carbonyl (C=O) groups excluding carboxylic acids is 1. The fourth-order valence-corrected chi connectivity index (χ4v) is 2.79. The van der Waals surface area contributed by atoms with Gasteiger partial charge in [0.1, 0.15) is 6.04 Å². The molecule has 3 N–H and O–H groups in total. The molecular weight excluding hydrogens is 320 g/mol. The summed E-state index contributed by atoms with van der Waals surface area (Å²) in [5, 5.41) is 13.8. The maximum atomic E-state index is 12.3. The third-order valence-electron chi connectivity index (χ3n) is 3.93. The second kappa shape index (κ2) is 6.56. The van der Waals surface area contributed by atoms with Gasteiger partial charge in [-0.05, 0) is 30.2 Å². The van der Waals surface area contributed by atoms with Crippen molar-refractivity contribution in [2.75, 3.05) is 0 Å². The van der Waals surface area contributed by atoms with Gasteiger partial charge in [-0.25, -0.2) is 4.99 Å². The van der Waals surface area contributed by atoms with Crippen molar-refractivity contribution in [1.29, 1.82) is 0 Å². The molecule has 0 spiro atoms. The number of nitrogens with two attached hydrogens (primary N) is 1. The molecule has 0 fully saturated rings. The summed E-state index contributed by atoms with van der Waals surface area (Å²) in [6.45, 7) is 1.47. The molecule has 0 amide bonds. The van der Waals surface area contributed by atoms with E-state index in [1.807, 2.05) is 30.3 Å². The van der Waals surface area contributed by atoms with Crippen LogP contribution in [-0.4, -0.2) is 16.7 Å². The molecule has 0 radical (unpaired) electrons. The van der Waals surface area contributed by atoms with Gasteiger partial charge in [0.25, 0.3) is 5.69 Å². The van der Waals surface area contributed by atoms with Crippen molar-refractivity contribution < 1.29 is 9.72 Å². The summed E-state index contributed by atoms with van der Waals surface area (Å²) >= 11 is 0. The Hall–Kier alpha value is -3.48. The zero-order valence-electron chi connectivity index (χ0n) is 13.5. The normalized spacial score (nSPS) is 16.8. The van der Waals surface area contributed by atoms with Crippen LogP contribution >= 0.6 is 0 Å². The van der Waals surface area contributed by atoms with Gasteiger partial charge in [0.15, 0.2) is 11.7 Å². The van der Waals surface area contributed by atoms with Crippen LogP contribution in [0.4, 0.5) is 5.69 Å². The van der Waals surface area contributed by atoms with E-state index in [1.165, 1.54) is 19.1 Å². The fourth-order valence-electron chi connectivity index (χ4n) is 2.79. The Morgan fingerprint density at radius 1 is 1.16 bits per heavy atom. The van der Waals surface area contributed by atoms with Gasteiger partial charge in [-0.3, -0.25) is 14.9 Å². The zero-order valence-corrected chi connectivity index (χ0v) is 13.5. The van der Waals surface area contributed by atoms with Crippen LogP contribution in [0.3, 0.4) is 0 Å². The molecule has 0 saturated heterocycles. The lowest BCUT2D eigenvalue weighted by atomic mass is 9.91. The Bertz CT molecular complexity index is 886. The van der Waals surface area contributed by atoms with Gasteiger partial charge in [-0.2, -0.15) is 0 Å². The van der Waals surface area contributed by atoms with Gasteiger partial charge < -0.3 is 11.1 Å². The van der Waals surface area contributed by atoms with Crippen molar-refractivity contribution in [2.24, 2.45) is 10.7 Å². The minimum absolute atomic E-state index is 0.0220. The van der Waals surface area contributed by atoms with Crippen LogP contribution in [0.2, 0.25) is 0 Å². The number of carbonyl (C=O) groups is 1. The van der Waals surface area contributed by atoms with Crippen molar-refractivity contribution in [3.63, 3.8) is 0 Å². The number of Topliss-reactive ketones (excluding diaryl/α,β-unsaturated/α-hetero) is 1. The van der Waals surface area contributed by atoms with E-state index in [0.29, 0.717) is 16.8 Å². The van der Waals surface area contributed by atoms with Crippen molar-refractivity contribution in [1.82, 2.24) is 5.32 Å². The Morgan fingerprint density at radius 3 is 2.36 bits per heavy atom. The third kappa shape index (κ3) is 3.25. The van der Waals surface area contributed by atoms with E-state index < -0.39 is 11.0 Å². The van der Waals surface area contributed by atoms with Crippen LogP contribution in [-0.2, 0) is 4.79 Å². The maximum absolute atomic E-state index is 12.3. The molecule has 1 heterocycles. The summed E-state index contributed by atoms with van der Waals surface area (Å²) in [7, 11) is 0. The predicted molar refractivity (Wildman–Crippen MR) is 94.6 cm³/mol. The van der Waals surface area contributed by atoms with Gasteiger partial charge in [0.2, 0.25) is 0 Å². The monoisotopic (exact) mass is 336 g/mol. The van der Waals surface area contributed by atoms with E-state index in [9.17, 15) is 14.9 Å². The Labute approximate surface area is 144 Å². The molecule has 7 heteroatoms. The van der Waals surface area contributed by atoms with Crippen molar-refractivity contribution in [3.05, 3.63) is 81.4 Å². The number of guanidine groups is 1. The first-order valence-corrected chi connectivity index (χ1v) is 7.62. The maximum Gasteiger partial charge on any atom is 0.269 e. The fraction of sp³-hybridized carbons (Fsp3) is 0.111. The van der Waals surface area contributed by atoms with E-state index in [-0.39, 0.29) is 17.4 Å². The predicted octanol–water partition coefficient (Wildman–Crippen LogP) is 2.55. The number of hydrogen-bond acceptors (Lipinski definition) is 6. The van der Waals surface area contributed by atoms with Crippen LogP contribution in [0.25, 0.3) is 5.70 Å². The number of nitro groups is 1. The van der Waals surface area contributed by atoms with Gasteiger partial charge in [0.05, 0.1) is 10.6 Å². The smallest absolute Gasteiger partial charge is 0.269 e. The van der Waals surface area contributed by atoms with Gasteiger partial charge in [0, 0.05) is 17.7 Å². The number of hydrogen-bond donors (Lipinski definition) is 2. The summed E-state index contributed by atoms with van der Waals surface area (Å²) in [5.74, 6) is 0.0400. The molecule has 1 atom stereocenters. The van der Waals surface area contributed by atoms with E-state index in [4.69, 9.17) is 5.73 Å². The average molecular weight is 336 g/mol. The molecule has 1 unspecified atom stereocenters. The highest BCUT2D eigenvalue weighted by atomic mass is 16.6. The summed E-state index contributed by atoms with van der Waals surface area (Å²) in [6.07, 6.45) is 0. The highest BCUT2D eigenvalue weighted by molar-refractivity contribution is 6.06. The number of aliphatic imine (C=N–C) groups is 1. The molecule has 1 aliphatic heterocycles.